The molecule has 0 unspecified atom stereocenters. The standard InChI is InChI=1S/C12H8Cl3NO2S.C12H10ClNO2S/c13-6-3-7(14)12(8(15)4-6)16-9-1-2-19-10(9)5-11(17)18;13-8-3-1-2-4-9(8)14-10-5-6-17-11(10)7-12(15)16/h1-4,16H,5H2,(H,17,18);1-6,14H,7H2,(H,15,16). The molecule has 0 aliphatic rings. The van der Waals surface area contributed by atoms with Crippen molar-refractivity contribution < 1.29 is 19.8 Å². The van der Waals surface area contributed by atoms with E-state index in [1.165, 1.54) is 22.7 Å². The van der Waals surface area contributed by atoms with Crippen LogP contribution in [-0.4, -0.2) is 22.2 Å². The highest BCUT2D eigenvalue weighted by Crippen LogP contribution is 2.37. The van der Waals surface area contributed by atoms with Crippen molar-refractivity contribution in [3.8, 4) is 0 Å². The Hall–Kier alpha value is -2.46. The van der Waals surface area contributed by atoms with Gasteiger partial charge in [-0.25, -0.2) is 0 Å². The topological polar surface area (TPSA) is 98.7 Å². The average molecular weight is 604 g/mol. The van der Waals surface area contributed by atoms with Crippen molar-refractivity contribution in [1.29, 1.82) is 0 Å². The number of rotatable bonds is 8. The van der Waals surface area contributed by atoms with Crippen LogP contribution >= 0.6 is 69.1 Å². The molecule has 2 aromatic carbocycles. The predicted molar refractivity (Wildman–Crippen MR) is 151 cm³/mol. The van der Waals surface area contributed by atoms with E-state index >= 15 is 0 Å². The molecule has 0 aliphatic heterocycles. The largest absolute Gasteiger partial charge is 0.481 e. The fourth-order valence-electron chi connectivity index (χ4n) is 2.96. The summed E-state index contributed by atoms with van der Waals surface area (Å²) in [5.74, 6) is -1.73. The van der Waals surface area contributed by atoms with Crippen LogP contribution in [0.5, 0.6) is 0 Å². The number of hydrogen-bond acceptors (Lipinski definition) is 6. The van der Waals surface area contributed by atoms with E-state index in [1.807, 2.05) is 29.6 Å². The van der Waals surface area contributed by atoms with Crippen molar-refractivity contribution in [2.75, 3.05) is 10.6 Å². The average Bonchev–Trinajstić information content (AvgIpc) is 3.41. The number of thiophene rings is 2. The van der Waals surface area contributed by atoms with Crippen LogP contribution in [0.25, 0.3) is 0 Å². The summed E-state index contributed by atoms with van der Waals surface area (Å²) in [5.41, 5.74) is 2.76. The molecule has 0 amide bonds. The second kappa shape index (κ2) is 13.2. The van der Waals surface area contributed by atoms with Gasteiger partial charge in [0, 0.05) is 14.8 Å². The maximum atomic E-state index is 10.8. The lowest BCUT2D eigenvalue weighted by molar-refractivity contribution is -0.137. The summed E-state index contributed by atoms with van der Waals surface area (Å²) < 4.78 is 0. The molecule has 0 spiro atoms. The lowest BCUT2D eigenvalue weighted by Gasteiger charge is -2.11. The molecule has 12 heteroatoms. The van der Waals surface area contributed by atoms with Crippen molar-refractivity contribution in [2.45, 2.75) is 12.8 Å². The molecule has 2 heterocycles. The summed E-state index contributed by atoms with van der Waals surface area (Å²) in [6.45, 7) is 0. The molecule has 0 aliphatic carbocycles. The number of carboxylic acids is 2. The van der Waals surface area contributed by atoms with Crippen LogP contribution in [0.2, 0.25) is 20.1 Å². The van der Waals surface area contributed by atoms with Crippen molar-refractivity contribution >= 4 is 104 Å². The van der Waals surface area contributed by atoms with Crippen LogP contribution in [0, 0.1) is 0 Å². The zero-order chi connectivity index (χ0) is 26.2. The Morgan fingerprint density at radius 2 is 1.19 bits per heavy atom. The van der Waals surface area contributed by atoms with Gasteiger partial charge in [0.2, 0.25) is 0 Å². The molecular weight excluding hydrogens is 586 g/mol. The number of hydrogen-bond donors (Lipinski definition) is 4. The molecule has 4 aromatic rings. The van der Waals surface area contributed by atoms with Gasteiger partial charge < -0.3 is 20.8 Å². The first-order valence-corrected chi connectivity index (χ1v) is 13.4. The first-order chi connectivity index (χ1) is 17.1. The zero-order valence-electron chi connectivity index (χ0n) is 18.2. The van der Waals surface area contributed by atoms with Gasteiger partial charge in [0.1, 0.15) is 0 Å². The van der Waals surface area contributed by atoms with Crippen LogP contribution in [0.15, 0.2) is 59.3 Å². The van der Waals surface area contributed by atoms with Gasteiger partial charge in [-0.15, -0.1) is 22.7 Å². The molecule has 0 radical (unpaired) electrons. The molecule has 0 saturated carbocycles. The summed E-state index contributed by atoms with van der Waals surface area (Å²) >= 11 is 26.8. The molecular formula is C24H18Cl4N2O4S2. The maximum Gasteiger partial charge on any atom is 0.308 e. The molecule has 6 nitrogen and oxygen atoms in total. The Kier molecular flexibility index (Phi) is 10.3. The predicted octanol–water partition coefficient (Wildman–Crippen LogP) is 8.85. The molecule has 0 saturated heterocycles. The SMILES string of the molecule is O=C(O)Cc1sccc1Nc1c(Cl)cc(Cl)cc1Cl.O=C(O)Cc1sccc1Nc1ccccc1Cl. The first-order valence-electron chi connectivity index (χ1n) is 10.1. The minimum atomic E-state index is -0.890. The third-order valence-electron chi connectivity index (χ3n) is 4.52. The molecule has 0 atom stereocenters. The summed E-state index contributed by atoms with van der Waals surface area (Å²) in [4.78, 5) is 22.9. The van der Waals surface area contributed by atoms with Gasteiger partial charge in [0.05, 0.1) is 50.7 Å². The second-order valence-corrected chi connectivity index (χ2v) is 10.8. The van der Waals surface area contributed by atoms with Gasteiger partial charge in [0.25, 0.3) is 0 Å². The number of anilines is 4. The first kappa shape index (κ1) is 28.1. The summed E-state index contributed by atoms with van der Waals surface area (Å²) in [7, 11) is 0. The lowest BCUT2D eigenvalue weighted by Crippen LogP contribution is -2.01. The van der Waals surface area contributed by atoms with E-state index in [0.29, 0.717) is 36.3 Å². The summed E-state index contributed by atoms with van der Waals surface area (Å²) in [5, 5.41) is 29.3. The normalized spacial score (nSPS) is 10.3. The van der Waals surface area contributed by atoms with E-state index in [2.05, 4.69) is 10.6 Å². The third kappa shape index (κ3) is 8.03. The van der Waals surface area contributed by atoms with Crippen molar-refractivity contribution in [3.05, 3.63) is 89.1 Å². The van der Waals surface area contributed by atoms with Crippen LogP contribution in [0.1, 0.15) is 9.75 Å². The van der Waals surface area contributed by atoms with E-state index < -0.39 is 11.9 Å². The minimum absolute atomic E-state index is 0.0183. The van der Waals surface area contributed by atoms with Crippen LogP contribution in [0.4, 0.5) is 22.7 Å². The Labute approximate surface area is 235 Å². The van der Waals surface area contributed by atoms with Crippen molar-refractivity contribution in [2.24, 2.45) is 0 Å². The molecule has 2 aromatic heterocycles. The maximum absolute atomic E-state index is 10.8. The minimum Gasteiger partial charge on any atom is -0.481 e. The molecule has 0 fully saturated rings. The Balaban J connectivity index is 0.000000202. The quantitative estimate of drug-likeness (QED) is 0.160. The number of para-hydroxylation sites is 1. The number of carbonyl (C=O) groups is 2. The van der Waals surface area contributed by atoms with Gasteiger partial charge >= 0.3 is 11.9 Å². The van der Waals surface area contributed by atoms with E-state index in [0.717, 1.165) is 16.3 Å². The highest BCUT2D eigenvalue weighted by Gasteiger charge is 2.13. The van der Waals surface area contributed by atoms with E-state index in [-0.39, 0.29) is 12.8 Å². The third-order valence-corrected chi connectivity index (χ3v) is 7.51. The van der Waals surface area contributed by atoms with Crippen LogP contribution in [-0.2, 0) is 22.4 Å². The lowest BCUT2D eigenvalue weighted by atomic mass is 10.2. The van der Waals surface area contributed by atoms with Crippen LogP contribution in [0.3, 0.4) is 0 Å². The van der Waals surface area contributed by atoms with Gasteiger partial charge in [-0.3, -0.25) is 9.59 Å². The molecule has 4 rings (SSSR count). The molecule has 0 bridgehead atoms. The zero-order valence-corrected chi connectivity index (χ0v) is 22.9. The fraction of sp³-hybridized carbons (Fsp3) is 0.0833. The second-order valence-electron chi connectivity index (χ2n) is 7.13. The van der Waals surface area contributed by atoms with Gasteiger partial charge in [-0.2, -0.15) is 0 Å². The number of aliphatic carboxylic acids is 2. The van der Waals surface area contributed by atoms with Crippen molar-refractivity contribution in [1.82, 2.24) is 0 Å². The van der Waals surface area contributed by atoms with Gasteiger partial charge in [0.15, 0.2) is 0 Å². The van der Waals surface area contributed by atoms with E-state index in [9.17, 15) is 9.59 Å². The number of carboxylic acid groups (broad SMARTS) is 2. The number of nitrogens with one attached hydrogen (secondary N) is 2. The van der Waals surface area contributed by atoms with E-state index in [1.54, 1.807) is 29.6 Å². The van der Waals surface area contributed by atoms with Gasteiger partial charge in [-0.05, 0) is 47.2 Å². The Bertz CT molecular complexity index is 1350. The smallest absolute Gasteiger partial charge is 0.308 e. The number of halogens is 4. The van der Waals surface area contributed by atoms with Gasteiger partial charge in [-0.1, -0.05) is 58.5 Å². The molecule has 4 N–H and O–H groups in total. The molecule has 188 valence electrons. The molecule has 36 heavy (non-hydrogen) atoms. The summed E-state index contributed by atoms with van der Waals surface area (Å²) in [6.07, 6.45) is -0.0344. The monoisotopic (exact) mass is 602 g/mol. The number of benzene rings is 2. The fourth-order valence-corrected chi connectivity index (χ4v) is 5.69. The summed E-state index contributed by atoms with van der Waals surface area (Å²) in [6, 6.07) is 14.1. The highest BCUT2D eigenvalue weighted by molar-refractivity contribution is 7.10. The Morgan fingerprint density at radius 3 is 1.69 bits per heavy atom. The van der Waals surface area contributed by atoms with Crippen molar-refractivity contribution in [3.63, 3.8) is 0 Å². The van der Waals surface area contributed by atoms with E-state index in [4.69, 9.17) is 56.6 Å². The highest BCUT2D eigenvalue weighted by atomic mass is 35.5. The Morgan fingerprint density at radius 1 is 0.694 bits per heavy atom. The van der Waals surface area contributed by atoms with Crippen LogP contribution < -0.4 is 10.6 Å².